The molecule has 0 aliphatic rings. The van der Waals surface area contributed by atoms with Crippen molar-refractivity contribution in [1.29, 1.82) is 0 Å². The van der Waals surface area contributed by atoms with Crippen molar-refractivity contribution in [3.8, 4) is 0 Å². The van der Waals surface area contributed by atoms with Gasteiger partial charge in [-0.2, -0.15) is 4.98 Å². The van der Waals surface area contributed by atoms with Gasteiger partial charge in [0.1, 0.15) is 17.5 Å². The molecule has 2 N–H and O–H groups in total. The molecule has 0 radical (unpaired) electrons. The SMILES string of the molecule is Cc1cc(Nc2ccccc2F)nc(NCCc2ccc(F)cc2)n1. The minimum absolute atomic E-state index is 0.248. The molecule has 0 saturated carbocycles. The monoisotopic (exact) mass is 340 g/mol. The van der Waals surface area contributed by atoms with Crippen LogP contribution in [0.5, 0.6) is 0 Å². The molecule has 0 amide bonds. The average Bonchev–Trinajstić information content (AvgIpc) is 2.58. The fourth-order valence-corrected chi connectivity index (χ4v) is 2.38. The summed E-state index contributed by atoms with van der Waals surface area (Å²) in [5, 5.41) is 6.10. The van der Waals surface area contributed by atoms with E-state index < -0.39 is 0 Å². The Balaban J connectivity index is 1.65. The summed E-state index contributed by atoms with van der Waals surface area (Å²) < 4.78 is 26.6. The van der Waals surface area contributed by atoms with Crippen molar-refractivity contribution in [3.05, 3.63) is 77.5 Å². The third-order valence-electron chi connectivity index (χ3n) is 3.60. The molecule has 0 atom stereocenters. The summed E-state index contributed by atoms with van der Waals surface area (Å²) in [6.07, 6.45) is 0.716. The van der Waals surface area contributed by atoms with E-state index in [-0.39, 0.29) is 11.6 Å². The maximum Gasteiger partial charge on any atom is 0.224 e. The van der Waals surface area contributed by atoms with E-state index in [0.29, 0.717) is 30.4 Å². The molecule has 1 heterocycles. The van der Waals surface area contributed by atoms with Crippen LogP contribution in [-0.4, -0.2) is 16.5 Å². The van der Waals surface area contributed by atoms with Crippen LogP contribution in [0.2, 0.25) is 0 Å². The second kappa shape index (κ2) is 7.70. The van der Waals surface area contributed by atoms with E-state index >= 15 is 0 Å². The summed E-state index contributed by atoms with van der Waals surface area (Å²) in [6.45, 7) is 2.45. The topological polar surface area (TPSA) is 49.8 Å². The molecule has 2 aromatic carbocycles. The van der Waals surface area contributed by atoms with Crippen molar-refractivity contribution >= 4 is 17.5 Å². The Morgan fingerprint density at radius 3 is 2.48 bits per heavy atom. The van der Waals surface area contributed by atoms with Gasteiger partial charge in [0.05, 0.1) is 5.69 Å². The van der Waals surface area contributed by atoms with Crippen LogP contribution in [-0.2, 0) is 6.42 Å². The van der Waals surface area contributed by atoms with Gasteiger partial charge in [0, 0.05) is 18.3 Å². The third kappa shape index (κ3) is 4.73. The Morgan fingerprint density at radius 2 is 1.72 bits per heavy atom. The smallest absolute Gasteiger partial charge is 0.224 e. The third-order valence-corrected chi connectivity index (χ3v) is 3.60. The Morgan fingerprint density at radius 1 is 0.960 bits per heavy atom. The number of aromatic nitrogens is 2. The largest absolute Gasteiger partial charge is 0.354 e. The predicted octanol–water partition coefficient (Wildman–Crippen LogP) is 4.46. The fraction of sp³-hybridized carbons (Fsp3) is 0.158. The van der Waals surface area contributed by atoms with Crippen LogP contribution in [0.3, 0.4) is 0 Å². The molecule has 0 saturated heterocycles. The van der Waals surface area contributed by atoms with E-state index in [1.54, 1.807) is 36.4 Å². The average molecular weight is 340 g/mol. The molecule has 0 aliphatic carbocycles. The number of hydrogen-bond acceptors (Lipinski definition) is 4. The molecule has 0 bridgehead atoms. The molecule has 128 valence electrons. The molecule has 6 heteroatoms. The highest BCUT2D eigenvalue weighted by atomic mass is 19.1. The van der Waals surface area contributed by atoms with Crippen molar-refractivity contribution in [2.45, 2.75) is 13.3 Å². The van der Waals surface area contributed by atoms with Crippen molar-refractivity contribution in [2.75, 3.05) is 17.2 Å². The number of nitrogens with one attached hydrogen (secondary N) is 2. The second-order valence-electron chi connectivity index (χ2n) is 5.63. The van der Waals surface area contributed by atoms with Crippen LogP contribution in [0.15, 0.2) is 54.6 Å². The summed E-state index contributed by atoms with van der Waals surface area (Å²) in [5.41, 5.74) is 2.14. The Hall–Kier alpha value is -3.02. The molecular formula is C19H18F2N4. The maximum absolute atomic E-state index is 13.7. The highest BCUT2D eigenvalue weighted by molar-refractivity contribution is 5.58. The van der Waals surface area contributed by atoms with Crippen molar-refractivity contribution in [3.63, 3.8) is 0 Å². The van der Waals surface area contributed by atoms with Gasteiger partial charge >= 0.3 is 0 Å². The molecule has 3 aromatic rings. The Kier molecular flexibility index (Phi) is 5.18. The molecule has 25 heavy (non-hydrogen) atoms. The molecule has 0 unspecified atom stereocenters. The van der Waals surface area contributed by atoms with E-state index in [1.807, 2.05) is 6.92 Å². The van der Waals surface area contributed by atoms with E-state index in [1.165, 1.54) is 18.2 Å². The van der Waals surface area contributed by atoms with Gasteiger partial charge in [-0.05, 0) is 43.2 Å². The van der Waals surface area contributed by atoms with Gasteiger partial charge in [-0.3, -0.25) is 0 Å². The van der Waals surface area contributed by atoms with Crippen LogP contribution in [0, 0.1) is 18.6 Å². The normalized spacial score (nSPS) is 10.5. The first-order valence-electron chi connectivity index (χ1n) is 7.96. The van der Waals surface area contributed by atoms with Gasteiger partial charge in [-0.1, -0.05) is 24.3 Å². The van der Waals surface area contributed by atoms with Gasteiger partial charge in [0.15, 0.2) is 0 Å². The number of anilines is 3. The molecular weight excluding hydrogens is 322 g/mol. The standard InChI is InChI=1S/C19H18F2N4/c1-13-12-18(24-17-5-3-2-4-16(17)21)25-19(23-13)22-11-10-14-6-8-15(20)9-7-14/h2-9,12H,10-11H2,1H3,(H2,22,23,24,25). The van der Waals surface area contributed by atoms with Crippen LogP contribution in [0.25, 0.3) is 0 Å². The first-order chi connectivity index (χ1) is 12.1. The van der Waals surface area contributed by atoms with Gasteiger partial charge in [-0.15, -0.1) is 0 Å². The zero-order chi connectivity index (χ0) is 17.6. The van der Waals surface area contributed by atoms with Crippen LogP contribution < -0.4 is 10.6 Å². The zero-order valence-corrected chi connectivity index (χ0v) is 13.8. The molecule has 3 rings (SSSR count). The van der Waals surface area contributed by atoms with E-state index in [0.717, 1.165) is 11.3 Å². The lowest BCUT2D eigenvalue weighted by atomic mass is 10.1. The molecule has 1 aromatic heterocycles. The zero-order valence-electron chi connectivity index (χ0n) is 13.8. The van der Waals surface area contributed by atoms with E-state index in [2.05, 4.69) is 20.6 Å². The van der Waals surface area contributed by atoms with Crippen LogP contribution in [0.4, 0.5) is 26.2 Å². The summed E-state index contributed by atoms with van der Waals surface area (Å²) in [7, 11) is 0. The molecule has 0 fully saturated rings. The van der Waals surface area contributed by atoms with Crippen LogP contribution in [0.1, 0.15) is 11.3 Å². The molecule has 0 aliphatic heterocycles. The van der Waals surface area contributed by atoms with Gasteiger partial charge in [0.2, 0.25) is 5.95 Å². The summed E-state index contributed by atoms with van der Waals surface area (Å²) in [4.78, 5) is 8.68. The molecule has 0 spiro atoms. The fourth-order valence-electron chi connectivity index (χ4n) is 2.38. The van der Waals surface area contributed by atoms with Gasteiger partial charge in [0.25, 0.3) is 0 Å². The Labute approximate surface area is 145 Å². The lowest BCUT2D eigenvalue weighted by molar-refractivity contribution is 0.627. The summed E-state index contributed by atoms with van der Waals surface area (Å²) in [6, 6.07) is 14.5. The number of benzene rings is 2. The first kappa shape index (κ1) is 16.8. The number of halogens is 2. The van der Waals surface area contributed by atoms with E-state index in [4.69, 9.17) is 0 Å². The first-order valence-corrected chi connectivity index (χ1v) is 7.96. The second-order valence-corrected chi connectivity index (χ2v) is 5.63. The number of para-hydroxylation sites is 1. The predicted molar refractivity (Wildman–Crippen MR) is 95.0 cm³/mol. The minimum atomic E-state index is -0.343. The van der Waals surface area contributed by atoms with Crippen molar-refractivity contribution < 1.29 is 8.78 Å². The quantitative estimate of drug-likeness (QED) is 0.695. The number of aryl methyl sites for hydroxylation is 1. The van der Waals surface area contributed by atoms with E-state index in [9.17, 15) is 8.78 Å². The van der Waals surface area contributed by atoms with Crippen LogP contribution >= 0.6 is 0 Å². The maximum atomic E-state index is 13.7. The van der Waals surface area contributed by atoms with Gasteiger partial charge in [-0.25, -0.2) is 13.8 Å². The highest BCUT2D eigenvalue weighted by Gasteiger charge is 2.05. The number of nitrogens with zero attached hydrogens (tertiary/aromatic N) is 2. The Bertz CT molecular complexity index is 850. The number of hydrogen-bond donors (Lipinski definition) is 2. The summed E-state index contributed by atoms with van der Waals surface area (Å²) in [5.74, 6) is 0.384. The lowest BCUT2D eigenvalue weighted by Gasteiger charge is -2.10. The summed E-state index contributed by atoms with van der Waals surface area (Å²) >= 11 is 0. The lowest BCUT2D eigenvalue weighted by Crippen LogP contribution is -2.10. The molecule has 4 nitrogen and oxygen atoms in total. The number of rotatable bonds is 6. The van der Waals surface area contributed by atoms with Crippen molar-refractivity contribution in [1.82, 2.24) is 9.97 Å². The van der Waals surface area contributed by atoms with Crippen molar-refractivity contribution in [2.24, 2.45) is 0 Å². The highest BCUT2D eigenvalue weighted by Crippen LogP contribution is 2.19. The van der Waals surface area contributed by atoms with Gasteiger partial charge < -0.3 is 10.6 Å². The minimum Gasteiger partial charge on any atom is -0.354 e.